The first-order valence-electron chi connectivity index (χ1n) is 7.09. The molecule has 4 nitrogen and oxygen atoms in total. The summed E-state index contributed by atoms with van der Waals surface area (Å²) in [5, 5.41) is 3.19. The van der Waals surface area contributed by atoms with Gasteiger partial charge in [0.2, 0.25) is 0 Å². The van der Waals surface area contributed by atoms with Crippen molar-refractivity contribution >= 4 is 17.3 Å². The third-order valence-electron chi connectivity index (χ3n) is 3.22. The van der Waals surface area contributed by atoms with Gasteiger partial charge in [0.05, 0.1) is 24.4 Å². The van der Waals surface area contributed by atoms with E-state index in [1.807, 2.05) is 41.5 Å². The van der Waals surface area contributed by atoms with Gasteiger partial charge in [0.25, 0.3) is 0 Å². The molecular formula is C16H26N2O2. The van der Waals surface area contributed by atoms with E-state index < -0.39 is 5.41 Å². The monoisotopic (exact) mass is 278 g/mol. The summed E-state index contributed by atoms with van der Waals surface area (Å²) in [6, 6.07) is 0. The van der Waals surface area contributed by atoms with E-state index in [-0.39, 0.29) is 23.4 Å². The quantitative estimate of drug-likeness (QED) is 0.807. The summed E-state index contributed by atoms with van der Waals surface area (Å²) in [6.45, 7) is 12.7. The van der Waals surface area contributed by atoms with Crippen LogP contribution >= 0.6 is 0 Å². The highest BCUT2D eigenvalue weighted by Gasteiger charge is 2.26. The molecule has 0 spiro atoms. The minimum Gasteiger partial charge on any atom is -0.382 e. The van der Waals surface area contributed by atoms with Gasteiger partial charge in [-0.2, -0.15) is 0 Å². The van der Waals surface area contributed by atoms with Crippen molar-refractivity contribution in [2.45, 2.75) is 48.0 Å². The van der Waals surface area contributed by atoms with Crippen LogP contribution in [0, 0.1) is 10.8 Å². The number of hydrogen-bond donors (Lipinski definition) is 1. The van der Waals surface area contributed by atoms with Gasteiger partial charge in [0.15, 0.2) is 5.78 Å². The van der Waals surface area contributed by atoms with Crippen LogP contribution in [0.5, 0.6) is 0 Å². The molecule has 1 aliphatic heterocycles. The van der Waals surface area contributed by atoms with Crippen molar-refractivity contribution in [3.8, 4) is 0 Å². The SMILES string of the molecule is CC(C)(C)C(=O)/C=C1\NCCN=C1CC(=O)C(C)(C)C. The van der Waals surface area contributed by atoms with Crippen LogP contribution in [0.15, 0.2) is 16.8 Å². The van der Waals surface area contributed by atoms with Crippen molar-refractivity contribution in [1.29, 1.82) is 0 Å². The molecule has 0 amide bonds. The summed E-state index contributed by atoms with van der Waals surface area (Å²) in [5.74, 6) is 0.173. The van der Waals surface area contributed by atoms with Gasteiger partial charge in [-0.1, -0.05) is 41.5 Å². The highest BCUT2D eigenvalue weighted by molar-refractivity contribution is 6.14. The fraction of sp³-hybridized carbons (Fsp3) is 0.688. The van der Waals surface area contributed by atoms with Crippen LogP contribution in [-0.2, 0) is 9.59 Å². The summed E-state index contributed by atoms with van der Waals surface area (Å²) >= 11 is 0. The Balaban J connectivity index is 2.94. The maximum atomic E-state index is 12.1. The Bertz CT molecular complexity index is 460. The molecule has 0 unspecified atom stereocenters. The highest BCUT2D eigenvalue weighted by Crippen LogP contribution is 2.20. The number of Topliss-reactive ketones (excluding diaryl/α,β-unsaturated/α-hetero) is 1. The van der Waals surface area contributed by atoms with Crippen LogP contribution in [0.25, 0.3) is 0 Å². The summed E-state index contributed by atoms with van der Waals surface area (Å²) in [7, 11) is 0. The Kier molecular flexibility index (Phi) is 4.90. The summed E-state index contributed by atoms with van der Waals surface area (Å²) in [5.41, 5.74) is 0.590. The first-order chi connectivity index (χ1) is 9.01. The van der Waals surface area contributed by atoms with Crippen molar-refractivity contribution in [3.63, 3.8) is 0 Å². The molecule has 1 rings (SSSR count). The van der Waals surface area contributed by atoms with Crippen molar-refractivity contribution in [1.82, 2.24) is 5.32 Å². The lowest BCUT2D eigenvalue weighted by atomic mass is 9.86. The Hall–Kier alpha value is -1.45. The van der Waals surface area contributed by atoms with Gasteiger partial charge >= 0.3 is 0 Å². The number of nitrogens with zero attached hydrogens (tertiary/aromatic N) is 1. The Labute approximate surface area is 121 Å². The molecule has 1 aliphatic rings. The number of aliphatic imine (C=N–C) groups is 1. The molecule has 0 aromatic heterocycles. The number of carbonyl (C=O) groups excluding carboxylic acids is 2. The van der Waals surface area contributed by atoms with Crippen molar-refractivity contribution in [2.75, 3.05) is 13.1 Å². The van der Waals surface area contributed by atoms with Gasteiger partial charge in [-0.25, -0.2) is 0 Å². The number of ketones is 2. The van der Waals surface area contributed by atoms with E-state index in [1.54, 1.807) is 6.08 Å². The van der Waals surface area contributed by atoms with Crippen LogP contribution in [0.4, 0.5) is 0 Å². The predicted molar refractivity (Wildman–Crippen MR) is 81.9 cm³/mol. The standard InChI is InChI=1S/C16H26N2O2/c1-15(2,3)13(19)9-11-12(18-8-7-17-11)10-14(20)16(4,5)6/h9,17H,7-8,10H2,1-6H3/b11-9-. The van der Waals surface area contributed by atoms with Gasteiger partial charge in [0.1, 0.15) is 5.78 Å². The van der Waals surface area contributed by atoms with Crippen LogP contribution in [-0.4, -0.2) is 30.4 Å². The maximum absolute atomic E-state index is 12.1. The lowest BCUT2D eigenvalue weighted by Crippen LogP contribution is -2.34. The molecule has 0 radical (unpaired) electrons. The zero-order valence-electron chi connectivity index (χ0n) is 13.5. The van der Waals surface area contributed by atoms with Crippen LogP contribution < -0.4 is 5.32 Å². The van der Waals surface area contributed by atoms with Gasteiger partial charge in [0, 0.05) is 23.5 Å². The van der Waals surface area contributed by atoms with Gasteiger partial charge in [-0.05, 0) is 0 Å². The van der Waals surface area contributed by atoms with E-state index in [9.17, 15) is 9.59 Å². The van der Waals surface area contributed by atoms with Crippen molar-refractivity contribution in [2.24, 2.45) is 15.8 Å². The van der Waals surface area contributed by atoms with E-state index in [0.717, 1.165) is 0 Å². The molecule has 0 aromatic rings. The molecule has 4 heteroatoms. The van der Waals surface area contributed by atoms with Gasteiger partial charge in [-0.3, -0.25) is 14.6 Å². The van der Waals surface area contributed by atoms with E-state index in [4.69, 9.17) is 0 Å². The van der Waals surface area contributed by atoms with E-state index in [2.05, 4.69) is 10.3 Å². The normalized spacial score (nSPS) is 18.5. The fourth-order valence-electron chi connectivity index (χ4n) is 1.62. The predicted octanol–water partition coefficient (Wildman–Crippen LogP) is 2.54. The van der Waals surface area contributed by atoms with Crippen LogP contribution in [0.1, 0.15) is 48.0 Å². The van der Waals surface area contributed by atoms with E-state index >= 15 is 0 Å². The van der Waals surface area contributed by atoms with Crippen molar-refractivity contribution < 1.29 is 9.59 Å². The van der Waals surface area contributed by atoms with E-state index in [1.165, 1.54) is 0 Å². The first kappa shape index (κ1) is 16.6. The molecule has 1 heterocycles. The molecule has 0 saturated heterocycles. The molecule has 0 bridgehead atoms. The molecular weight excluding hydrogens is 252 g/mol. The number of nitrogens with one attached hydrogen (secondary N) is 1. The lowest BCUT2D eigenvalue weighted by molar-refractivity contribution is -0.125. The molecule has 20 heavy (non-hydrogen) atoms. The molecule has 0 saturated carbocycles. The Morgan fingerprint density at radius 2 is 1.75 bits per heavy atom. The minimum absolute atomic E-state index is 0.0396. The number of hydrogen-bond acceptors (Lipinski definition) is 4. The Morgan fingerprint density at radius 3 is 2.25 bits per heavy atom. The average Bonchev–Trinajstić information content (AvgIpc) is 2.29. The third kappa shape index (κ3) is 4.58. The smallest absolute Gasteiger partial charge is 0.163 e. The summed E-state index contributed by atoms with van der Waals surface area (Å²) in [4.78, 5) is 28.7. The lowest BCUT2D eigenvalue weighted by Gasteiger charge is -2.23. The van der Waals surface area contributed by atoms with Crippen LogP contribution in [0.2, 0.25) is 0 Å². The largest absolute Gasteiger partial charge is 0.382 e. The molecule has 0 aliphatic carbocycles. The van der Waals surface area contributed by atoms with Gasteiger partial charge in [-0.15, -0.1) is 0 Å². The van der Waals surface area contributed by atoms with E-state index in [0.29, 0.717) is 24.5 Å². The Morgan fingerprint density at radius 1 is 1.15 bits per heavy atom. The summed E-state index contributed by atoms with van der Waals surface area (Å²) in [6.07, 6.45) is 1.87. The zero-order valence-corrected chi connectivity index (χ0v) is 13.5. The number of rotatable bonds is 3. The molecule has 112 valence electrons. The molecule has 0 atom stereocenters. The number of carbonyl (C=O) groups is 2. The maximum Gasteiger partial charge on any atom is 0.163 e. The molecule has 0 aromatic carbocycles. The fourth-order valence-corrected chi connectivity index (χ4v) is 1.62. The topological polar surface area (TPSA) is 58.5 Å². The number of allylic oxidation sites excluding steroid dienone is 2. The van der Waals surface area contributed by atoms with Crippen LogP contribution in [0.3, 0.4) is 0 Å². The second kappa shape index (κ2) is 5.90. The first-order valence-corrected chi connectivity index (χ1v) is 7.09. The average molecular weight is 278 g/mol. The highest BCUT2D eigenvalue weighted by atomic mass is 16.1. The summed E-state index contributed by atoms with van der Waals surface area (Å²) < 4.78 is 0. The second-order valence-electron chi connectivity index (χ2n) is 7.28. The molecule has 0 fully saturated rings. The van der Waals surface area contributed by atoms with Gasteiger partial charge < -0.3 is 5.32 Å². The minimum atomic E-state index is -0.425. The van der Waals surface area contributed by atoms with Crippen molar-refractivity contribution in [3.05, 3.63) is 11.8 Å². The third-order valence-corrected chi connectivity index (χ3v) is 3.22. The second-order valence-corrected chi connectivity index (χ2v) is 7.28. The molecule has 1 N–H and O–H groups in total. The zero-order chi connectivity index (χ0) is 15.6.